The van der Waals surface area contributed by atoms with Crippen LogP contribution in [-0.4, -0.2) is 22.6 Å². The molecule has 2 saturated carbocycles. The molecule has 0 aromatic rings. The van der Waals surface area contributed by atoms with E-state index in [4.69, 9.17) is 8.85 Å². The number of hydrogen-bond donors (Lipinski definition) is 0. The Morgan fingerprint density at radius 2 is 1.77 bits per heavy atom. The predicted octanol–water partition coefficient (Wildman–Crippen LogP) is 8.48. The average Bonchev–Trinajstić information content (AvgIpc) is 3.07. The Balaban J connectivity index is 1.46. The number of fused-ring (bicyclic) bond motifs is 5. The van der Waals surface area contributed by atoms with E-state index in [1.807, 2.05) is 0 Å². The fraction of sp³-hybridized carbons (Fsp3) is 0.767. The van der Waals surface area contributed by atoms with Crippen molar-refractivity contribution >= 4 is 22.6 Å². The van der Waals surface area contributed by atoms with Crippen molar-refractivity contribution in [2.24, 2.45) is 40.4 Å². The molecule has 0 radical (unpaired) electrons. The molecule has 0 aromatic carbocycles. The molecular formula is C30H50O3Si2. The van der Waals surface area contributed by atoms with E-state index >= 15 is 0 Å². The van der Waals surface area contributed by atoms with E-state index in [0.29, 0.717) is 29.6 Å². The zero-order chi connectivity index (χ0) is 25.8. The van der Waals surface area contributed by atoms with Gasteiger partial charge in [-0.3, -0.25) is 4.79 Å². The van der Waals surface area contributed by atoms with Gasteiger partial charge in [-0.05, 0) is 136 Å². The SMILES string of the molecule is CC(CCC(=O)O[Si](C)(C)C)[C@H]1CCC2C3C=CC4=CC(O[Si](C)(C)C)=CC[C@]4(C)C3CC[C@@]21C. The second-order valence-corrected chi connectivity index (χ2v) is 23.4. The summed E-state index contributed by atoms with van der Waals surface area (Å²) in [6.07, 6.45) is 17.7. The summed E-state index contributed by atoms with van der Waals surface area (Å²) in [5.41, 5.74) is 2.11. The minimum atomic E-state index is -1.80. The summed E-state index contributed by atoms with van der Waals surface area (Å²) in [6.45, 7) is 20.6. The van der Waals surface area contributed by atoms with Crippen LogP contribution in [0.5, 0.6) is 0 Å². The Morgan fingerprint density at radius 1 is 1.06 bits per heavy atom. The van der Waals surface area contributed by atoms with Crippen molar-refractivity contribution in [3.05, 3.63) is 35.6 Å². The highest BCUT2D eigenvalue weighted by Crippen LogP contribution is 2.66. The molecule has 4 unspecified atom stereocenters. The van der Waals surface area contributed by atoms with Crippen LogP contribution in [0.15, 0.2) is 35.6 Å². The summed E-state index contributed by atoms with van der Waals surface area (Å²) < 4.78 is 12.1. The zero-order valence-electron chi connectivity index (χ0n) is 23.9. The molecule has 0 saturated heterocycles. The van der Waals surface area contributed by atoms with Crippen LogP contribution in [0.25, 0.3) is 0 Å². The molecule has 2 fully saturated rings. The minimum absolute atomic E-state index is 0.0182. The number of hydrogen-bond acceptors (Lipinski definition) is 3. The number of carbonyl (C=O) groups excluding carboxylic acids is 1. The van der Waals surface area contributed by atoms with Gasteiger partial charge in [-0.25, -0.2) is 0 Å². The first-order chi connectivity index (χ1) is 16.1. The highest BCUT2D eigenvalue weighted by molar-refractivity contribution is 6.71. The van der Waals surface area contributed by atoms with Crippen LogP contribution in [0, 0.1) is 40.4 Å². The van der Waals surface area contributed by atoms with Gasteiger partial charge >= 0.3 is 0 Å². The largest absolute Gasteiger partial charge is 0.545 e. The lowest BCUT2D eigenvalue weighted by Crippen LogP contribution is -2.49. The monoisotopic (exact) mass is 514 g/mol. The standard InChI is InChI=1S/C30H50O3Si2/c1-21(10-15-28(31)33-35(7,8)9)25-13-14-26-24-12-11-22-20-23(32-34(4,5)6)16-18-29(22,2)27(24)17-19-30(25,26)3/h11-12,16,20-21,24-27H,10,13-15,17-19H2,1-9H3/t21?,24?,25-,26?,27?,29+,30-/m1/s1. The number of carbonyl (C=O) groups is 1. The third kappa shape index (κ3) is 5.46. The van der Waals surface area contributed by atoms with Crippen molar-refractivity contribution < 1.29 is 13.6 Å². The Bertz CT molecular complexity index is 921. The molecule has 0 aromatic heterocycles. The van der Waals surface area contributed by atoms with E-state index < -0.39 is 16.6 Å². The topological polar surface area (TPSA) is 35.5 Å². The molecule has 3 nitrogen and oxygen atoms in total. The van der Waals surface area contributed by atoms with E-state index in [-0.39, 0.29) is 11.4 Å². The second kappa shape index (κ2) is 9.34. The first kappa shape index (κ1) is 27.0. The lowest BCUT2D eigenvalue weighted by Gasteiger charge is -2.56. The molecule has 4 aliphatic carbocycles. The Hall–Kier alpha value is -1.08. The van der Waals surface area contributed by atoms with Gasteiger partial charge in [0.1, 0.15) is 0 Å². The zero-order valence-corrected chi connectivity index (χ0v) is 25.9. The fourth-order valence-corrected chi connectivity index (χ4v) is 9.81. The van der Waals surface area contributed by atoms with Gasteiger partial charge in [-0.1, -0.05) is 32.9 Å². The smallest absolute Gasteiger partial charge is 0.292 e. The molecular weight excluding hydrogens is 464 g/mol. The number of rotatable bonds is 7. The molecule has 4 aliphatic rings. The maximum Gasteiger partial charge on any atom is 0.292 e. The summed E-state index contributed by atoms with van der Waals surface area (Å²) in [5.74, 6) is 4.58. The summed E-state index contributed by atoms with van der Waals surface area (Å²) in [7, 11) is -3.39. The molecule has 0 bridgehead atoms. The van der Waals surface area contributed by atoms with E-state index in [0.717, 1.165) is 30.4 Å². The van der Waals surface area contributed by atoms with Crippen molar-refractivity contribution in [2.75, 3.05) is 0 Å². The van der Waals surface area contributed by atoms with Gasteiger partial charge in [-0.2, -0.15) is 0 Å². The van der Waals surface area contributed by atoms with E-state index in [9.17, 15) is 4.79 Å². The van der Waals surface area contributed by atoms with Crippen molar-refractivity contribution in [1.29, 1.82) is 0 Å². The Kier molecular flexibility index (Phi) is 7.20. The molecule has 0 N–H and O–H groups in total. The highest BCUT2D eigenvalue weighted by atomic mass is 28.4. The van der Waals surface area contributed by atoms with Crippen molar-refractivity contribution in [3.8, 4) is 0 Å². The maximum atomic E-state index is 12.4. The second-order valence-electron chi connectivity index (χ2n) is 14.5. The van der Waals surface area contributed by atoms with Crippen molar-refractivity contribution in [1.82, 2.24) is 0 Å². The third-order valence-corrected chi connectivity index (χ3v) is 11.4. The van der Waals surface area contributed by atoms with Crippen LogP contribution < -0.4 is 0 Å². The van der Waals surface area contributed by atoms with Gasteiger partial charge in [0, 0.05) is 6.42 Å². The number of allylic oxidation sites excluding steroid dienone is 5. The molecule has 196 valence electrons. The molecule has 4 rings (SSSR count). The summed E-state index contributed by atoms with van der Waals surface area (Å²) in [6, 6.07) is 0. The Labute approximate surface area is 217 Å². The van der Waals surface area contributed by atoms with Gasteiger partial charge in [0.05, 0.1) is 5.76 Å². The van der Waals surface area contributed by atoms with Crippen LogP contribution in [0.4, 0.5) is 0 Å². The van der Waals surface area contributed by atoms with Crippen LogP contribution in [0.1, 0.15) is 65.7 Å². The molecule has 7 atom stereocenters. The van der Waals surface area contributed by atoms with Crippen molar-refractivity contribution in [2.45, 2.75) is 105 Å². The van der Waals surface area contributed by atoms with Gasteiger partial charge in [0.2, 0.25) is 16.6 Å². The van der Waals surface area contributed by atoms with Crippen LogP contribution >= 0.6 is 0 Å². The highest BCUT2D eigenvalue weighted by Gasteiger charge is 2.58. The lowest BCUT2D eigenvalue weighted by atomic mass is 9.48. The van der Waals surface area contributed by atoms with E-state index in [1.54, 1.807) is 0 Å². The fourth-order valence-electron chi connectivity index (χ4n) is 8.17. The summed E-state index contributed by atoms with van der Waals surface area (Å²) >= 11 is 0. The molecule has 0 amide bonds. The molecule has 0 spiro atoms. The first-order valence-electron chi connectivity index (χ1n) is 14.1. The maximum absolute atomic E-state index is 12.4. The molecule has 0 heterocycles. The lowest BCUT2D eigenvalue weighted by molar-refractivity contribution is -0.135. The normalized spacial score (nSPS) is 37.4. The summed E-state index contributed by atoms with van der Waals surface area (Å²) in [5, 5.41) is 0. The Morgan fingerprint density at radius 3 is 2.43 bits per heavy atom. The van der Waals surface area contributed by atoms with E-state index in [1.165, 1.54) is 31.3 Å². The molecule has 0 aliphatic heterocycles. The molecule has 5 heteroatoms. The van der Waals surface area contributed by atoms with Gasteiger partial charge in [0.25, 0.3) is 5.97 Å². The minimum Gasteiger partial charge on any atom is -0.545 e. The van der Waals surface area contributed by atoms with Gasteiger partial charge in [0.15, 0.2) is 0 Å². The average molecular weight is 515 g/mol. The molecule has 35 heavy (non-hydrogen) atoms. The quantitative estimate of drug-likeness (QED) is 0.320. The summed E-state index contributed by atoms with van der Waals surface area (Å²) in [4.78, 5) is 12.4. The van der Waals surface area contributed by atoms with Crippen LogP contribution in [-0.2, 0) is 13.6 Å². The van der Waals surface area contributed by atoms with Crippen LogP contribution in [0.2, 0.25) is 39.3 Å². The first-order valence-corrected chi connectivity index (χ1v) is 21.0. The van der Waals surface area contributed by atoms with E-state index in [2.05, 4.69) is 84.4 Å². The predicted molar refractivity (Wildman–Crippen MR) is 151 cm³/mol. The van der Waals surface area contributed by atoms with Crippen molar-refractivity contribution in [3.63, 3.8) is 0 Å². The third-order valence-electron chi connectivity index (χ3n) is 9.74. The van der Waals surface area contributed by atoms with Gasteiger partial charge in [-0.15, -0.1) is 0 Å². The van der Waals surface area contributed by atoms with Gasteiger partial charge < -0.3 is 8.85 Å². The van der Waals surface area contributed by atoms with Crippen LogP contribution in [0.3, 0.4) is 0 Å².